The van der Waals surface area contributed by atoms with Gasteiger partial charge in [-0.25, -0.2) is 0 Å². The van der Waals surface area contributed by atoms with E-state index in [0.717, 1.165) is 19.3 Å². The second kappa shape index (κ2) is 6.00. The lowest BCUT2D eigenvalue weighted by atomic mass is 9.52. The Morgan fingerprint density at radius 1 is 1.10 bits per heavy atom. The number of amides is 1. The first kappa shape index (κ1) is 19.4. The average Bonchev–Trinajstić information content (AvgIpc) is 2.88. The third kappa shape index (κ3) is 2.33. The van der Waals surface area contributed by atoms with Gasteiger partial charge in [0, 0.05) is 36.6 Å². The van der Waals surface area contributed by atoms with Gasteiger partial charge in [-0.1, -0.05) is 30.8 Å². The molecule has 1 aliphatic heterocycles. The predicted octanol–water partition coefficient (Wildman–Crippen LogP) is 2.93. The molecule has 5 rings (SSSR count). The van der Waals surface area contributed by atoms with Gasteiger partial charge in [-0.05, 0) is 43.9 Å². The number of aliphatic hydroxyl groups is 1. The van der Waals surface area contributed by atoms with Crippen LogP contribution in [0.25, 0.3) is 0 Å². The zero-order chi connectivity index (χ0) is 20.9. The second-order valence-corrected chi connectivity index (χ2v) is 16.1. The van der Waals surface area contributed by atoms with Crippen LogP contribution in [0, 0.1) is 29.6 Å². The van der Waals surface area contributed by atoms with Gasteiger partial charge < -0.3 is 10.0 Å². The minimum Gasteiger partial charge on any atom is -0.370 e. The monoisotopic (exact) mass is 413 g/mol. The number of ketones is 2. The fourth-order valence-corrected chi connectivity index (χ4v) is 10.5. The molecule has 1 amide bonds. The maximum Gasteiger partial charge on any atom is 0.228 e. The van der Waals surface area contributed by atoms with Crippen LogP contribution in [0.3, 0.4) is 0 Å². The quantitative estimate of drug-likeness (QED) is 0.558. The molecule has 0 unspecified atom stereocenters. The molecule has 0 spiro atoms. The van der Waals surface area contributed by atoms with Gasteiger partial charge in [0.05, 0.1) is 14.0 Å². The number of rotatable bonds is 2. The van der Waals surface area contributed by atoms with Gasteiger partial charge in [0.25, 0.3) is 0 Å². The number of hydrogen-bond donors (Lipinski definition) is 1. The second-order valence-electron chi connectivity index (χ2n) is 10.8. The van der Waals surface area contributed by atoms with Crippen molar-refractivity contribution in [1.29, 1.82) is 0 Å². The molecule has 2 bridgehead atoms. The molecular weight excluding hydrogens is 382 g/mol. The lowest BCUT2D eigenvalue weighted by Gasteiger charge is -2.56. The van der Waals surface area contributed by atoms with Gasteiger partial charge in [0.2, 0.25) is 5.91 Å². The zero-order valence-corrected chi connectivity index (χ0v) is 18.8. The van der Waals surface area contributed by atoms with Crippen LogP contribution in [-0.2, 0) is 14.4 Å². The van der Waals surface area contributed by atoms with Crippen molar-refractivity contribution in [3.05, 3.63) is 23.3 Å². The summed E-state index contributed by atoms with van der Waals surface area (Å²) in [5, 5.41) is 11.7. The third-order valence-electron chi connectivity index (χ3n) is 8.43. The Bertz CT molecular complexity index is 884. The molecule has 6 heteroatoms. The Morgan fingerprint density at radius 3 is 2.38 bits per heavy atom. The number of carbonyl (C=O) groups is 3. The van der Waals surface area contributed by atoms with Gasteiger partial charge in [0.1, 0.15) is 5.72 Å². The number of fused-ring (bicyclic) bond motifs is 6. The maximum atomic E-state index is 13.3. The lowest BCUT2D eigenvalue weighted by molar-refractivity contribution is -0.154. The van der Waals surface area contributed by atoms with Crippen LogP contribution in [0.1, 0.15) is 32.6 Å². The van der Waals surface area contributed by atoms with E-state index in [0.29, 0.717) is 13.0 Å². The van der Waals surface area contributed by atoms with Crippen molar-refractivity contribution < 1.29 is 19.5 Å². The summed E-state index contributed by atoms with van der Waals surface area (Å²) in [6.07, 6.45) is 6.11. The van der Waals surface area contributed by atoms with Gasteiger partial charge in [0.15, 0.2) is 11.6 Å². The third-order valence-corrected chi connectivity index (χ3v) is 11.0. The van der Waals surface area contributed by atoms with Crippen molar-refractivity contribution in [3.8, 4) is 0 Å². The van der Waals surface area contributed by atoms with E-state index in [1.165, 1.54) is 23.3 Å². The summed E-state index contributed by atoms with van der Waals surface area (Å²) in [5.41, 5.74) is 1.53. The molecule has 5 aliphatic rings. The molecule has 1 saturated carbocycles. The summed E-state index contributed by atoms with van der Waals surface area (Å²) in [4.78, 5) is 41.4. The van der Waals surface area contributed by atoms with Crippen LogP contribution in [0.15, 0.2) is 23.3 Å². The highest BCUT2D eigenvalue weighted by molar-refractivity contribution is 6.78. The molecule has 0 aromatic rings. The molecule has 1 N–H and O–H groups in total. The van der Waals surface area contributed by atoms with Crippen LogP contribution >= 0.6 is 0 Å². The smallest absolute Gasteiger partial charge is 0.228 e. The first-order valence-corrected chi connectivity index (χ1v) is 14.7. The Morgan fingerprint density at radius 2 is 1.76 bits per heavy atom. The Balaban J connectivity index is 1.80. The summed E-state index contributed by atoms with van der Waals surface area (Å²) in [6.45, 7) is 9.27. The average molecular weight is 414 g/mol. The van der Waals surface area contributed by atoms with Crippen molar-refractivity contribution in [2.24, 2.45) is 29.6 Å². The zero-order valence-electron chi connectivity index (χ0n) is 17.8. The highest BCUT2D eigenvalue weighted by atomic mass is 28.3. The van der Waals surface area contributed by atoms with Crippen LogP contribution in [0.2, 0.25) is 25.2 Å². The number of likely N-dealkylation sites (tertiary alicyclic amines) is 1. The molecule has 29 heavy (non-hydrogen) atoms. The summed E-state index contributed by atoms with van der Waals surface area (Å²) in [5.74, 6) is -1.39. The van der Waals surface area contributed by atoms with Gasteiger partial charge in [-0.2, -0.15) is 0 Å². The number of nitrogens with zero attached hydrogens (tertiary/aromatic N) is 1. The van der Waals surface area contributed by atoms with E-state index in [2.05, 4.69) is 19.6 Å². The molecular formula is C23H31NO4Si. The van der Waals surface area contributed by atoms with Crippen LogP contribution in [-0.4, -0.2) is 47.8 Å². The number of hydrogen-bond acceptors (Lipinski definition) is 4. The molecule has 4 aliphatic carbocycles. The van der Waals surface area contributed by atoms with Crippen LogP contribution < -0.4 is 0 Å². The van der Waals surface area contributed by atoms with Gasteiger partial charge in [-0.15, -0.1) is 0 Å². The molecule has 0 radical (unpaired) electrons. The summed E-state index contributed by atoms with van der Waals surface area (Å²) in [6, 6.07) is 0. The molecule has 5 nitrogen and oxygen atoms in total. The highest BCUT2D eigenvalue weighted by Crippen LogP contribution is 2.65. The minimum absolute atomic E-state index is 0.00640. The first-order valence-electron chi connectivity index (χ1n) is 11.1. The Labute approximate surface area is 173 Å². The lowest BCUT2D eigenvalue weighted by Crippen LogP contribution is -2.58. The standard InChI is InChI=1S/C23H31NO4Si/c1-5-24-22(27)13-11-23(24,28)14-8-6-7-12-17(14)18(13)19-15(25)9-10-16(26)20(19)21(12)29(2,3)4/h9-10,13-14,18-21,28H,5-8,11H2,1-4H3/t13-,14-,18+,19+,20+,21-,23-/m1/s1. The Hall–Kier alpha value is -1.53. The van der Waals surface area contributed by atoms with E-state index >= 15 is 0 Å². The van der Waals surface area contributed by atoms with Gasteiger partial charge >= 0.3 is 0 Å². The van der Waals surface area contributed by atoms with Gasteiger partial charge in [-0.3, -0.25) is 14.4 Å². The van der Waals surface area contributed by atoms with Crippen LogP contribution in [0.5, 0.6) is 0 Å². The largest absolute Gasteiger partial charge is 0.370 e. The van der Waals surface area contributed by atoms with Crippen LogP contribution in [0.4, 0.5) is 0 Å². The fourth-order valence-electron chi connectivity index (χ4n) is 7.69. The van der Waals surface area contributed by atoms with Crippen molar-refractivity contribution in [1.82, 2.24) is 4.90 Å². The van der Waals surface area contributed by atoms with E-state index in [4.69, 9.17) is 0 Å². The minimum atomic E-state index is -1.83. The molecule has 156 valence electrons. The topological polar surface area (TPSA) is 74.7 Å². The van der Waals surface area contributed by atoms with E-state index < -0.39 is 19.7 Å². The number of allylic oxidation sites excluding steroid dienone is 3. The highest BCUT2D eigenvalue weighted by Gasteiger charge is 2.68. The summed E-state index contributed by atoms with van der Waals surface area (Å²) >= 11 is 0. The molecule has 7 atom stereocenters. The van der Waals surface area contributed by atoms with E-state index in [9.17, 15) is 19.5 Å². The van der Waals surface area contributed by atoms with Crippen molar-refractivity contribution in [3.63, 3.8) is 0 Å². The molecule has 1 saturated heterocycles. The SMILES string of the molecule is CCN1C(=O)[C@@H]2C[C@@]1(O)[C@@H]1CCCC3=C1[C@H]2[C@@H]1C(=O)C=CC(=O)[C@@H]1[C@@H]3[Si](C)(C)C. The maximum absolute atomic E-state index is 13.3. The fraction of sp³-hybridized carbons (Fsp3) is 0.696. The summed E-state index contributed by atoms with van der Waals surface area (Å²) in [7, 11) is -1.83. The summed E-state index contributed by atoms with van der Waals surface area (Å²) < 4.78 is 0. The molecule has 1 heterocycles. The molecule has 0 aromatic heterocycles. The van der Waals surface area contributed by atoms with Crippen molar-refractivity contribution in [2.75, 3.05) is 6.54 Å². The van der Waals surface area contributed by atoms with E-state index in [1.54, 1.807) is 4.90 Å². The molecule has 2 fully saturated rings. The molecule has 0 aromatic carbocycles. The van der Waals surface area contributed by atoms with E-state index in [1.807, 2.05) is 6.92 Å². The van der Waals surface area contributed by atoms with E-state index in [-0.39, 0.29) is 46.7 Å². The predicted molar refractivity (Wildman–Crippen MR) is 112 cm³/mol. The first-order chi connectivity index (χ1) is 13.6. The Kier molecular flexibility index (Phi) is 4.02. The number of carbonyl (C=O) groups excluding carboxylic acids is 3. The van der Waals surface area contributed by atoms with Crippen molar-refractivity contribution >= 4 is 25.5 Å². The van der Waals surface area contributed by atoms with Crippen molar-refractivity contribution in [2.45, 2.75) is 63.5 Å². The normalized spacial score (nSPS) is 43.6.